The summed E-state index contributed by atoms with van der Waals surface area (Å²) < 4.78 is 11.3. The van der Waals surface area contributed by atoms with Gasteiger partial charge in [0.1, 0.15) is 11.5 Å². The maximum atomic E-state index is 12.5. The van der Waals surface area contributed by atoms with Gasteiger partial charge in [-0.05, 0) is 57.2 Å². The fourth-order valence-corrected chi connectivity index (χ4v) is 2.99. The predicted molar refractivity (Wildman–Crippen MR) is 113 cm³/mol. The third-order valence-electron chi connectivity index (χ3n) is 3.84. The average Bonchev–Trinajstić information content (AvgIpc) is 2.63. The van der Waals surface area contributed by atoms with Crippen molar-refractivity contribution in [3.05, 3.63) is 70.0 Å². The first kappa shape index (κ1) is 20.9. The fourth-order valence-electron chi connectivity index (χ4n) is 2.54. The van der Waals surface area contributed by atoms with E-state index in [9.17, 15) is 4.79 Å². The van der Waals surface area contributed by atoms with Crippen LogP contribution in [0.4, 0.5) is 5.69 Å². The summed E-state index contributed by atoms with van der Waals surface area (Å²) in [7, 11) is 0. The summed E-state index contributed by atoms with van der Waals surface area (Å²) in [4.78, 5) is 21.0. The Bertz CT molecular complexity index is 1020. The molecule has 29 heavy (non-hydrogen) atoms. The molecule has 1 heterocycles. The zero-order valence-corrected chi connectivity index (χ0v) is 17.6. The van der Waals surface area contributed by atoms with Crippen LogP contribution >= 0.6 is 23.2 Å². The molecule has 0 aliphatic heterocycles. The largest absolute Gasteiger partial charge is 0.479 e. The Labute approximate surface area is 178 Å². The highest BCUT2D eigenvalue weighted by Gasteiger charge is 2.17. The van der Waals surface area contributed by atoms with Gasteiger partial charge in [0.15, 0.2) is 6.10 Å². The number of carbonyl (C=O) groups excluding carboxylic acids is 1. The number of hydrogen-bond donors (Lipinski definition) is 1. The Morgan fingerprint density at radius 3 is 2.45 bits per heavy atom. The van der Waals surface area contributed by atoms with Gasteiger partial charge in [-0.15, -0.1) is 0 Å². The Morgan fingerprint density at radius 2 is 1.76 bits per heavy atom. The zero-order valence-electron chi connectivity index (χ0n) is 16.1. The minimum atomic E-state index is -0.777. The van der Waals surface area contributed by atoms with Gasteiger partial charge in [-0.2, -0.15) is 0 Å². The topological polar surface area (TPSA) is 73.3 Å². The Hall–Kier alpha value is -2.83. The van der Waals surface area contributed by atoms with Crippen molar-refractivity contribution in [1.29, 1.82) is 0 Å². The average molecular weight is 432 g/mol. The molecule has 0 spiro atoms. The van der Waals surface area contributed by atoms with Crippen LogP contribution in [-0.4, -0.2) is 22.0 Å². The van der Waals surface area contributed by atoms with E-state index in [-0.39, 0.29) is 11.9 Å². The maximum absolute atomic E-state index is 12.5. The molecule has 150 valence electrons. The standard InChI is InChI=1S/C21H19Cl2N3O3/c1-12-9-13(2)25-21(24-12)29-17-6-4-5-16(11-17)26-20(27)14(3)28-19-8-7-15(22)10-18(19)23/h4-11,14H,1-3H3,(H,26,27)/t14-/m0/s1. The van der Waals surface area contributed by atoms with E-state index >= 15 is 0 Å². The first-order chi connectivity index (χ1) is 13.8. The summed E-state index contributed by atoms with van der Waals surface area (Å²) >= 11 is 12.0. The van der Waals surface area contributed by atoms with Gasteiger partial charge >= 0.3 is 6.01 Å². The van der Waals surface area contributed by atoms with Crippen LogP contribution in [0.15, 0.2) is 48.5 Å². The van der Waals surface area contributed by atoms with Crippen molar-refractivity contribution in [3.8, 4) is 17.5 Å². The van der Waals surface area contributed by atoms with Gasteiger partial charge in [-0.1, -0.05) is 29.3 Å². The Kier molecular flexibility index (Phi) is 6.56. The molecule has 8 heteroatoms. The number of carbonyl (C=O) groups is 1. The van der Waals surface area contributed by atoms with Crippen LogP contribution < -0.4 is 14.8 Å². The van der Waals surface area contributed by atoms with Crippen LogP contribution in [0.3, 0.4) is 0 Å². The van der Waals surface area contributed by atoms with E-state index in [1.807, 2.05) is 19.9 Å². The third kappa shape index (κ3) is 5.82. The van der Waals surface area contributed by atoms with Crippen molar-refractivity contribution in [2.24, 2.45) is 0 Å². The lowest BCUT2D eigenvalue weighted by atomic mass is 10.2. The van der Waals surface area contributed by atoms with E-state index in [0.29, 0.717) is 27.2 Å². The van der Waals surface area contributed by atoms with E-state index in [0.717, 1.165) is 11.4 Å². The highest BCUT2D eigenvalue weighted by atomic mass is 35.5. The number of amides is 1. The predicted octanol–water partition coefficient (Wildman–Crippen LogP) is 5.60. The van der Waals surface area contributed by atoms with Gasteiger partial charge in [0.2, 0.25) is 0 Å². The van der Waals surface area contributed by atoms with Gasteiger partial charge in [0.25, 0.3) is 5.91 Å². The van der Waals surface area contributed by atoms with Crippen LogP contribution in [0.1, 0.15) is 18.3 Å². The second-order valence-electron chi connectivity index (χ2n) is 6.39. The molecule has 0 unspecified atom stereocenters. The zero-order chi connectivity index (χ0) is 21.0. The number of nitrogens with zero attached hydrogens (tertiary/aromatic N) is 2. The number of hydrogen-bond acceptors (Lipinski definition) is 5. The quantitative estimate of drug-likeness (QED) is 0.549. The maximum Gasteiger partial charge on any atom is 0.322 e. The van der Waals surface area contributed by atoms with Crippen LogP contribution in [-0.2, 0) is 4.79 Å². The third-order valence-corrected chi connectivity index (χ3v) is 4.37. The van der Waals surface area contributed by atoms with Gasteiger partial charge in [0.05, 0.1) is 5.02 Å². The minimum absolute atomic E-state index is 0.250. The lowest BCUT2D eigenvalue weighted by Crippen LogP contribution is -2.30. The van der Waals surface area contributed by atoms with Crippen LogP contribution in [0, 0.1) is 13.8 Å². The van der Waals surface area contributed by atoms with E-state index in [1.165, 1.54) is 0 Å². The number of nitrogens with one attached hydrogen (secondary N) is 1. The molecule has 0 fully saturated rings. The number of anilines is 1. The summed E-state index contributed by atoms with van der Waals surface area (Å²) in [6, 6.07) is 13.9. The molecule has 1 N–H and O–H groups in total. The number of aryl methyl sites for hydroxylation is 2. The number of aromatic nitrogens is 2. The molecule has 2 aromatic carbocycles. The van der Waals surface area contributed by atoms with E-state index < -0.39 is 6.10 Å². The molecule has 0 radical (unpaired) electrons. The molecule has 0 aliphatic rings. The van der Waals surface area contributed by atoms with Crippen molar-refractivity contribution >= 4 is 34.8 Å². The Morgan fingerprint density at radius 1 is 1.03 bits per heavy atom. The number of ether oxygens (including phenoxy) is 2. The highest BCUT2D eigenvalue weighted by Crippen LogP contribution is 2.28. The summed E-state index contributed by atoms with van der Waals surface area (Å²) in [5.41, 5.74) is 2.17. The van der Waals surface area contributed by atoms with Crippen LogP contribution in [0.2, 0.25) is 10.0 Å². The van der Waals surface area contributed by atoms with Gasteiger partial charge in [-0.25, -0.2) is 9.97 Å². The molecule has 3 rings (SSSR count). The minimum Gasteiger partial charge on any atom is -0.479 e. The van der Waals surface area contributed by atoms with Gasteiger partial charge in [0, 0.05) is 28.2 Å². The van der Waals surface area contributed by atoms with E-state index in [4.69, 9.17) is 32.7 Å². The molecule has 0 saturated carbocycles. The summed E-state index contributed by atoms with van der Waals surface area (Å²) in [6.07, 6.45) is -0.777. The van der Waals surface area contributed by atoms with Crippen molar-refractivity contribution < 1.29 is 14.3 Å². The lowest BCUT2D eigenvalue weighted by molar-refractivity contribution is -0.122. The molecular formula is C21H19Cl2N3O3. The van der Waals surface area contributed by atoms with Crippen LogP contribution in [0.25, 0.3) is 0 Å². The number of rotatable bonds is 6. The molecule has 3 aromatic rings. The monoisotopic (exact) mass is 431 g/mol. The van der Waals surface area contributed by atoms with Crippen LogP contribution in [0.5, 0.6) is 17.5 Å². The fraction of sp³-hybridized carbons (Fsp3) is 0.190. The molecule has 6 nitrogen and oxygen atoms in total. The van der Waals surface area contributed by atoms with Crippen molar-refractivity contribution in [1.82, 2.24) is 9.97 Å². The van der Waals surface area contributed by atoms with Gasteiger partial charge < -0.3 is 14.8 Å². The molecular weight excluding hydrogens is 413 g/mol. The normalized spacial score (nSPS) is 11.6. The molecule has 0 saturated heterocycles. The van der Waals surface area contributed by atoms with Crippen molar-refractivity contribution in [2.45, 2.75) is 26.9 Å². The number of benzene rings is 2. The smallest absolute Gasteiger partial charge is 0.322 e. The molecule has 0 aliphatic carbocycles. The first-order valence-electron chi connectivity index (χ1n) is 8.83. The van der Waals surface area contributed by atoms with Crippen molar-refractivity contribution in [2.75, 3.05) is 5.32 Å². The SMILES string of the molecule is Cc1cc(C)nc(Oc2cccc(NC(=O)[C@H](C)Oc3ccc(Cl)cc3Cl)c2)n1. The molecule has 1 amide bonds. The lowest BCUT2D eigenvalue weighted by Gasteiger charge is -2.16. The second-order valence-corrected chi connectivity index (χ2v) is 7.23. The molecule has 0 bridgehead atoms. The summed E-state index contributed by atoms with van der Waals surface area (Å²) in [6.45, 7) is 5.36. The van der Waals surface area contributed by atoms with Crippen molar-refractivity contribution in [3.63, 3.8) is 0 Å². The van der Waals surface area contributed by atoms with E-state index in [2.05, 4.69) is 15.3 Å². The molecule has 1 aromatic heterocycles. The summed E-state index contributed by atoms with van der Waals surface area (Å²) in [5, 5.41) is 3.61. The summed E-state index contributed by atoms with van der Waals surface area (Å²) in [5.74, 6) is 0.542. The number of halogens is 2. The van der Waals surface area contributed by atoms with Gasteiger partial charge in [-0.3, -0.25) is 4.79 Å². The first-order valence-corrected chi connectivity index (χ1v) is 9.58. The highest BCUT2D eigenvalue weighted by molar-refractivity contribution is 6.35. The van der Waals surface area contributed by atoms with E-state index in [1.54, 1.807) is 49.4 Å². The Balaban J connectivity index is 1.66. The molecule has 1 atom stereocenters. The second kappa shape index (κ2) is 9.11.